The van der Waals surface area contributed by atoms with Gasteiger partial charge in [-0.15, -0.1) is 0 Å². The number of benzene rings is 2. The molecule has 0 bridgehead atoms. The van der Waals surface area contributed by atoms with Crippen molar-refractivity contribution in [2.24, 2.45) is 0 Å². The molecule has 166 valence electrons. The number of hydrogen-bond donors (Lipinski definition) is 1. The predicted octanol–water partition coefficient (Wildman–Crippen LogP) is 2.51. The lowest BCUT2D eigenvalue weighted by Crippen LogP contribution is -2.30. The third-order valence-corrected chi connectivity index (χ3v) is 6.53. The Morgan fingerprint density at radius 3 is 1.87 bits per heavy atom. The Morgan fingerprint density at radius 2 is 1.42 bits per heavy atom. The van der Waals surface area contributed by atoms with E-state index in [1.165, 1.54) is 4.31 Å². The minimum absolute atomic E-state index is 0.0330. The van der Waals surface area contributed by atoms with Gasteiger partial charge < -0.3 is 14.8 Å². The maximum atomic E-state index is 13.5. The van der Waals surface area contributed by atoms with Gasteiger partial charge in [-0.05, 0) is 48.5 Å². The summed E-state index contributed by atoms with van der Waals surface area (Å²) < 4.78 is 40.4. The van der Waals surface area contributed by atoms with Crippen LogP contribution in [0.3, 0.4) is 0 Å². The van der Waals surface area contributed by atoms with Crippen molar-refractivity contribution < 1.29 is 17.9 Å². The molecule has 0 saturated heterocycles. The van der Waals surface area contributed by atoms with Gasteiger partial charge in [-0.25, -0.2) is 8.42 Å². The van der Waals surface area contributed by atoms with E-state index < -0.39 is 10.0 Å². The lowest BCUT2D eigenvalue weighted by Gasteiger charge is -2.21. The van der Waals surface area contributed by atoms with Crippen LogP contribution >= 0.6 is 0 Å². The van der Waals surface area contributed by atoms with Crippen molar-refractivity contribution in [1.82, 2.24) is 19.4 Å². The van der Waals surface area contributed by atoms with Gasteiger partial charge in [-0.3, -0.25) is 4.68 Å². The lowest BCUT2D eigenvalue weighted by atomic mass is 10.2. The first-order chi connectivity index (χ1) is 15.0. The molecule has 31 heavy (non-hydrogen) atoms. The first-order valence-corrected chi connectivity index (χ1v) is 11.3. The molecule has 3 aromatic rings. The fraction of sp³-hybridized carbons (Fsp3) is 0.318. The van der Waals surface area contributed by atoms with Gasteiger partial charge in [-0.1, -0.05) is 24.3 Å². The van der Waals surface area contributed by atoms with Crippen molar-refractivity contribution in [3.8, 4) is 11.5 Å². The van der Waals surface area contributed by atoms with Crippen molar-refractivity contribution in [3.05, 3.63) is 71.9 Å². The molecule has 0 unspecified atom stereocenters. The minimum Gasteiger partial charge on any atom is -0.497 e. The van der Waals surface area contributed by atoms with Crippen LogP contribution in [0.15, 0.2) is 65.8 Å². The summed E-state index contributed by atoms with van der Waals surface area (Å²) in [6.07, 6.45) is 1.68. The summed E-state index contributed by atoms with van der Waals surface area (Å²) in [5, 5.41) is 7.35. The molecule has 0 aliphatic carbocycles. The molecule has 0 saturated carbocycles. The summed E-state index contributed by atoms with van der Waals surface area (Å²) in [5.41, 5.74) is 1.71. The Kier molecular flexibility index (Phi) is 7.67. The molecule has 0 radical (unpaired) electrons. The maximum absolute atomic E-state index is 13.5. The highest BCUT2D eigenvalue weighted by Crippen LogP contribution is 2.22. The van der Waals surface area contributed by atoms with Crippen LogP contribution in [-0.2, 0) is 29.7 Å². The van der Waals surface area contributed by atoms with E-state index in [1.807, 2.05) is 55.6 Å². The van der Waals surface area contributed by atoms with Crippen LogP contribution in [0.2, 0.25) is 0 Å². The monoisotopic (exact) mass is 444 g/mol. The number of hydrogen-bond acceptors (Lipinski definition) is 6. The summed E-state index contributed by atoms with van der Waals surface area (Å²) >= 11 is 0. The zero-order valence-corrected chi connectivity index (χ0v) is 18.8. The first kappa shape index (κ1) is 22.8. The van der Waals surface area contributed by atoms with Crippen molar-refractivity contribution in [3.63, 3.8) is 0 Å². The van der Waals surface area contributed by atoms with Crippen molar-refractivity contribution in [2.75, 3.05) is 27.8 Å². The van der Waals surface area contributed by atoms with Gasteiger partial charge in [0.25, 0.3) is 10.0 Å². The maximum Gasteiger partial charge on any atom is 0.262 e. The summed E-state index contributed by atoms with van der Waals surface area (Å²) in [6.45, 7) is 1.70. The Hall–Kier alpha value is -2.88. The molecule has 8 nitrogen and oxygen atoms in total. The number of nitrogens with one attached hydrogen (secondary N) is 1. The second kappa shape index (κ2) is 10.4. The molecule has 1 N–H and O–H groups in total. The van der Waals surface area contributed by atoms with Gasteiger partial charge in [0, 0.05) is 25.8 Å². The minimum atomic E-state index is -3.81. The molecule has 0 amide bonds. The molecule has 0 fully saturated rings. The Labute approximate surface area is 183 Å². The van der Waals surface area contributed by atoms with Crippen molar-refractivity contribution >= 4 is 10.0 Å². The SMILES string of the molecule is CNCCn1ccc(S(=O)(=O)N(Cc2ccc(OC)cc2)Cc2ccc(OC)cc2)n1. The average molecular weight is 445 g/mol. The van der Waals surface area contributed by atoms with E-state index in [-0.39, 0.29) is 18.1 Å². The zero-order valence-electron chi connectivity index (χ0n) is 18.0. The third kappa shape index (κ3) is 5.84. The molecular weight excluding hydrogens is 416 g/mol. The van der Waals surface area contributed by atoms with Gasteiger partial charge >= 0.3 is 0 Å². The van der Waals surface area contributed by atoms with Gasteiger partial charge in [0.15, 0.2) is 5.03 Å². The number of sulfonamides is 1. The van der Waals surface area contributed by atoms with E-state index in [2.05, 4.69) is 10.4 Å². The van der Waals surface area contributed by atoms with Crippen LogP contribution in [0, 0.1) is 0 Å². The molecule has 1 aromatic heterocycles. The molecule has 0 atom stereocenters. The number of likely N-dealkylation sites (N-methyl/N-ethyl adjacent to an activating group) is 1. The highest BCUT2D eigenvalue weighted by Gasteiger charge is 2.27. The Morgan fingerprint density at radius 1 is 0.903 bits per heavy atom. The highest BCUT2D eigenvalue weighted by atomic mass is 32.2. The van der Waals surface area contributed by atoms with E-state index in [1.54, 1.807) is 31.2 Å². The first-order valence-electron chi connectivity index (χ1n) is 9.90. The van der Waals surface area contributed by atoms with Crippen molar-refractivity contribution in [2.45, 2.75) is 24.7 Å². The van der Waals surface area contributed by atoms with Crippen LogP contribution in [0.25, 0.3) is 0 Å². The molecule has 0 spiro atoms. The molecule has 2 aromatic carbocycles. The van der Waals surface area contributed by atoms with Gasteiger partial charge in [0.1, 0.15) is 11.5 Å². The van der Waals surface area contributed by atoms with Gasteiger partial charge in [0.05, 0.1) is 20.8 Å². The van der Waals surface area contributed by atoms with E-state index >= 15 is 0 Å². The summed E-state index contributed by atoms with van der Waals surface area (Å²) in [5.74, 6) is 1.44. The number of nitrogens with zero attached hydrogens (tertiary/aromatic N) is 3. The smallest absolute Gasteiger partial charge is 0.262 e. The van der Waals surface area contributed by atoms with E-state index in [9.17, 15) is 8.42 Å². The van der Waals surface area contributed by atoms with E-state index in [4.69, 9.17) is 9.47 Å². The van der Waals surface area contributed by atoms with E-state index in [0.29, 0.717) is 13.1 Å². The van der Waals surface area contributed by atoms with Crippen LogP contribution in [0.4, 0.5) is 0 Å². The molecule has 9 heteroatoms. The normalized spacial score (nSPS) is 11.6. The topological polar surface area (TPSA) is 85.7 Å². The Bertz CT molecular complexity index is 1010. The van der Waals surface area contributed by atoms with Crippen LogP contribution in [0.1, 0.15) is 11.1 Å². The van der Waals surface area contributed by atoms with Gasteiger partial charge in [0.2, 0.25) is 0 Å². The standard InChI is InChI=1S/C22H28N4O4S/c1-23-13-15-25-14-12-22(24-25)31(27,28)26(16-18-4-8-20(29-2)9-5-18)17-19-6-10-21(30-3)11-7-19/h4-12,14,23H,13,15-17H2,1-3H3. The van der Waals surface area contributed by atoms with Crippen LogP contribution in [-0.4, -0.2) is 50.3 Å². The average Bonchev–Trinajstić information content (AvgIpc) is 3.28. The predicted molar refractivity (Wildman–Crippen MR) is 119 cm³/mol. The summed E-state index contributed by atoms with van der Waals surface area (Å²) in [7, 11) is 1.22. The molecule has 3 rings (SSSR count). The highest BCUT2D eigenvalue weighted by molar-refractivity contribution is 7.89. The number of ether oxygens (including phenoxy) is 2. The fourth-order valence-electron chi connectivity index (χ4n) is 3.06. The van der Waals surface area contributed by atoms with E-state index in [0.717, 1.165) is 22.6 Å². The Balaban J connectivity index is 1.89. The third-order valence-electron chi connectivity index (χ3n) is 4.85. The summed E-state index contributed by atoms with van der Waals surface area (Å²) in [4.78, 5) is 0. The second-order valence-corrected chi connectivity index (χ2v) is 8.87. The number of methoxy groups -OCH3 is 2. The van der Waals surface area contributed by atoms with Crippen LogP contribution < -0.4 is 14.8 Å². The fourth-order valence-corrected chi connectivity index (χ4v) is 4.40. The lowest BCUT2D eigenvalue weighted by molar-refractivity contribution is 0.395. The molecule has 1 heterocycles. The summed E-state index contributed by atoms with van der Waals surface area (Å²) in [6, 6.07) is 16.3. The van der Waals surface area contributed by atoms with Crippen molar-refractivity contribution in [1.29, 1.82) is 0 Å². The number of rotatable bonds is 11. The molecule has 0 aliphatic heterocycles. The largest absolute Gasteiger partial charge is 0.497 e. The zero-order chi connectivity index (χ0) is 22.3. The van der Waals surface area contributed by atoms with Crippen LogP contribution in [0.5, 0.6) is 11.5 Å². The molecule has 0 aliphatic rings. The number of aromatic nitrogens is 2. The van der Waals surface area contributed by atoms with Gasteiger partial charge in [-0.2, -0.15) is 9.40 Å². The quantitative estimate of drug-likeness (QED) is 0.489. The molecular formula is C22H28N4O4S. The second-order valence-electron chi connectivity index (χ2n) is 6.99.